The number of hydrogen-bond acceptors (Lipinski definition) is 2. The van der Waals surface area contributed by atoms with Gasteiger partial charge in [0.25, 0.3) is 0 Å². The van der Waals surface area contributed by atoms with Crippen molar-refractivity contribution in [2.45, 2.75) is 0 Å². The van der Waals surface area contributed by atoms with Crippen molar-refractivity contribution in [3.05, 3.63) is 35.4 Å². The molecule has 1 aromatic rings. The Balaban J connectivity index is 0. The first kappa shape index (κ1) is 15.7. The molecule has 1 rings (SSSR count). The minimum atomic E-state index is -1.13. The van der Waals surface area contributed by atoms with E-state index in [9.17, 15) is 9.59 Å². The maximum atomic E-state index is 10.4. The van der Waals surface area contributed by atoms with Crippen LogP contribution in [-0.4, -0.2) is 22.2 Å². The number of carboxylic acid groups (broad SMARTS) is 2. The predicted octanol–water partition coefficient (Wildman–Crippen LogP) is 1.08. The summed E-state index contributed by atoms with van der Waals surface area (Å²) in [4.78, 5) is 20.8. The second-order valence-electron chi connectivity index (χ2n) is 2.19. The second-order valence-corrected chi connectivity index (χ2v) is 2.19. The number of hydrogen-bond donors (Lipinski definition) is 2. The zero-order valence-corrected chi connectivity index (χ0v) is 8.51. The third kappa shape index (κ3) is 3.94. The number of benzene rings is 1. The van der Waals surface area contributed by atoms with Crippen LogP contribution < -0.4 is 0 Å². The summed E-state index contributed by atoms with van der Waals surface area (Å²) in [6, 6.07) is 5.20. The van der Waals surface area contributed by atoms with Crippen molar-refractivity contribution in [1.29, 1.82) is 0 Å². The Morgan fingerprint density at radius 2 is 1.29 bits per heavy atom. The first-order chi connectivity index (χ1) is 5.61. The Kier molecular flexibility index (Phi) is 7.41. The van der Waals surface area contributed by atoms with E-state index in [1.807, 2.05) is 0 Å². The Morgan fingerprint density at radius 3 is 1.57 bits per heavy atom. The van der Waals surface area contributed by atoms with Crippen LogP contribution in [0.3, 0.4) is 0 Å². The molecule has 0 spiro atoms. The van der Waals surface area contributed by atoms with Gasteiger partial charge in [0.15, 0.2) is 0 Å². The molecule has 0 aliphatic carbocycles. The van der Waals surface area contributed by atoms with Crippen molar-refractivity contribution >= 4 is 11.9 Å². The molecule has 0 saturated carbocycles. The van der Waals surface area contributed by atoms with E-state index in [-0.39, 0.29) is 45.3 Å². The number of carboxylic acids is 2. The minimum Gasteiger partial charge on any atom is -0.478 e. The van der Waals surface area contributed by atoms with Crippen LogP contribution in [0.2, 0.25) is 0 Å². The fourth-order valence-corrected chi connectivity index (χ4v) is 0.785. The molecule has 0 aromatic heterocycles. The van der Waals surface area contributed by atoms with E-state index in [0.29, 0.717) is 0 Å². The fourth-order valence-electron chi connectivity index (χ4n) is 0.785. The van der Waals surface area contributed by atoms with Crippen molar-refractivity contribution in [2.24, 2.45) is 0 Å². The molecule has 2 radical (unpaired) electrons. The zero-order valence-electron chi connectivity index (χ0n) is 6.62. The summed E-state index contributed by atoms with van der Waals surface area (Å²) >= 11 is 0. The molecule has 0 aliphatic rings. The normalized spacial score (nSPS) is 8.00. The monoisotopic (exact) mass is 292 g/mol. The van der Waals surface area contributed by atoms with Gasteiger partial charge in [0, 0.05) is 34.1 Å². The molecular weight excluding hydrogens is 287 g/mol. The van der Waals surface area contributed by atoms with Crippen LogP contribution in [0.15, 0.2) is 24.3 Å². The molecule has 0 unspecified atom stereocenters. The summed E-state index contributed by atoms with van der Waals surface area (Å²) < 4.78 is 0. The van der Waals surface area contributed by atoms with Gasteiger partial charge in [-0.3, -0.25) is 0 Å². The predicted molar refractivity (Wildman–Crippen MR) is 40.4 cm³/mol. The number of rotatable bonds is 2. The van der Waals surface area contributed by atoms with Crippen LogP contribution in [0.4, 0.5) is 0 Å². The average Bonchev–Trinajstić information content (AvgIpc) is 2.04. The Labute approximate surface area is 101 Å². The van der Waals surface area contributed by atoms with Gasteiger partial charge in [0.05, 0.1) is 11.1 Å². The third-order valence-corrected chi connectivity index (χ3v) is 1.36. The summed E-state index contributed by atoms with van der Waals surface area (Å²) in [5.74, 6) is -2.25. The van der Waals surface area contributed by atoms with Crippen LogP contribution in [0, 0.1) is 0 Å². The maximum Gasteiger partial charge on any atom is 0.335 e. The van der Waals surface area contributed by atoms with Gasteiger partial charge in [-0.25, -0.2) is 9.59 Å². The maximum absolute atomic E-state index is 10.4. The van der Waals surface area contributed by atoms with Crippen molar-refractivity contribution in [3.8, 4) is 0 Å². The average molecular weight is 293 g/mol. The minimum absolute atomic E-state index is 0. The largest absolute Gasteiger partial charge is 0.478 e. The van der Waals surface area contributed by atoms with Gasteiger partial charge in [-0.2, -0.15) is 0 Å². The molecule has 0 saturated heterocycles. The van der Waals surface area contributed by atoms with Gasteiger partial charge in [0.1, 0.15) is 0 Å². The van der Waals surface area contributed by atoms with Gasteiger partial charge < -0.3 is 10.2 Å². The number of aromatic carboxylic acids is 2. The molecule has 0 bridgehead atoms. The summed E-state index contributed by atoms with van der Waals surface area (Å²) in [6.07, 6.45) is 0. The van der Waals surface area contributed by atoms with Crippen molar-refractivity contribution in [3.63, 3.8) is 0 Å². The van der Waals surface area contributed by atoms with E-state index >= 15 is 0 Å². The van der Waals surface area contributed by atoms with Gasteiger partial charge >= 0.3 is 11.9 Å². The second kappa shape index (κ2) is 6.62. The van der Waals surface area contributed by atoms with Crippen molar-refractivity contribution in [2.75, 3.05) is 0 Å². The Hall–Kier alpha value is -0.801. The van der Waals surface area contributed by atoms with E-state index < -0.39 is 11.9 Å². The van der Waals surface area contributed by atoms with E-state index in [1.165, 1.54) is 18.2 Å². The molecule has 0 fully saturated rings. The Morgan fingerprint density at radius 1 is 0.929 bits per heavy atom. The quantitative estimate of drug-likeness (QED) is 0.800. The van der Waals surface area contributed by atoms with Crippen LogP contribution >= 0.6 is 0 Å². The summed E-state index contributed by atoms with van der Waals surface area (Å²) in [5, 5.41) is 17.0. The van der Waals surface area contributed by atoms with Gasteiger partial charge in [-0.1, -0.05) is 6.07 Å². The molecule has 0 amide bonds. The van der Waals surface area contributed by atoms with E-state index in [4.69, 9.17) is 10.2 Å². The molecule has 4 nitrogen and oxygen atoms in total. The summed E-state index contributed by atoms with van der Waals surface area (Å²) in [6.45, 7) is 0. The van der Waals surface area contributed by atoms with E-state index in [1.54, 1.807) is 0 Å². The molecule has 1 aromatic carbocycles. The molecule has 84 valence electrons. The summed E-state index contributed by atoms with van der Waals surface area (Å²) in [7, 11) is 0. The molecule has 0 aliphatic heterocycles. The smallest absolute Gasteiger partial charge is 0.335 e. The van der Waals surface area contributed by atoms with Gasteiger partial charge in [-0.05, 0) is 18.2 Å². The van der Waals surface area contributed by atoms with E-state index in [2.05, 4.69) is 0 Å². The molecule has 2 N–H and O–H groups in total. The molecule has 0 atom stereocenters. The number of carbonyl (C=O) groups is 2. The third-order valence-electron chi connectivity index (χ3n) is 1.36. The van der Waals surface area contributed by atoms with Crippen LogP contribution in [-0.2, 0) is 34.1 Å². The SMILES string of the molecule is O=C(O)c1cccc(C(=O)O)c1.[Cu].[Cu]. The topological polar surface area (TPSA) is 74.6 Å². The molecule has 6 heteroatoms. The molecule has 0 heterocycles. The standard InChI is InChI=1S/C8H6O4.2Cu/c9-7(10)5-2-1-3-6(4-5)8(11)12;;/h1-4H,(H,9,10)(H,11,12);;. The van der Waals surface area contributed by atoms with E-state index in [0.717, 1.165) is 6.07 Å². The zero-order chi connectivity index (χ0) is 9.14. The fraction of sp³-hybridized carbons (Fsp3) is 0. The summed E-state index contributed by atoms with van der Waals surface area (Å²) in [5.41, 5.74) is -0.0372. The van der Waals surface area contributed by atoms with Crippen molar-refractivity contribution < 1.29 is 53.9 Å². The van der Waals surface area contributed by atoms with Crippen LogP contribution in [0.25, 0.3) is 0 Å². The van der Waals surface area contributed by atoms with Crippen molar-refractivity contribution in [1.82, 2.24) is 0 Å². The van der Waals surface area contributed by atoms with Gasteiger partial charge in [-0.15, -0.1) is 0 Å². The Bertz CT molecular complexity index is 309. The first-order valence-corrected chi connectivity index (χ1v) is 3.18. The first-order valence-electron chi connectivity index (χ1n) is 3.18. The van der Waals surface area contributed by atoms with Gasteiger partial charge in [0.2, 0.25) is 0 Å². The molecular formula is C8H6Cu2O4. The van der Waals surface area contributed by atoms with Crippen LogP contribution in [0.1, 0.15) is 20.7 Å². The van der Waals surface area contributed by atoms with Crippen LogP contribution in [0.5, 0.6) is 0 Å². The molecule has 14 heavy (non-hydrogen) atoms.